The second kappa shape index (κ2) is 6.41. The van der Waals surface area contributed by atoms with E-state index in [-0.39, 0.29) is 35.0 Å². The predicted octanol–water partition coefficient (Wildman–Crippen LogP) is -0.154. The van der Waals surface area contributed by atoms with E-state index in [9.17, 15) is 21.6 Å². The molecule has 8 nitrogen and oxygen atoms in total. The molecule has 0 heterocycles. The van der Waals surface area contributed by atoms with E-state index in [2.05, 4.69) is 0 Å². The average Bonchev–Trinajstić information content (AvgIpc) is 2.32. The summed E-state index contributed by atoms with van der Waals surface area (Å²) >= 11 is 0. The second-order valence-electron chi connectivity index (χ2n) is 4.34. The van der Waals surface area contributed by atoms with E-state index in [0.29, 0.717) is 0 Å². The molecule has 10 heteroatoms. The van der Waals surface area contributed by atoms with Gasteiger partial charge in [-0.25, -0.2) is 26.8 Å². The lowest BCUT2D eigenvalue weighted by atomic mass is 10.2. The SMILES string of the molecule is CS(=O)(=O)CCCOc1ccc(S(N)(=O)=O)cc1C(=O)O. The molecule has 0 aliphatic rings. The standard InChI is InChI=1S/C11H15NO7S2/c1-20(15,16)6-2-5-19-10-4-3-8(21(12,17)18)7-9(10)11(13)14/h3-4,7H,2,5-6H2,1H3,(H,13,14)(H2,12,17,18). The smallest absolute Gasteiger partial charge is 0.339 e. The normalized spacial score (nSPS) is 12.1. The summed E-state index contributed by atoms with van der Waals surface area (Å²) < 4.78 is 49.4. The number of carbonyl (C=O) groups is 1. The van der Waals surface area contributed by atoms with Crippen LogP contribution in [0.3, 0.4) is 0 Å². The Morgan fingerprint density at radius 1 is 1.29 bits per heavy atom. The van der Waals surface area contributed by atoms with Gasteiger partial charge in [0.25, 0.3) is 0 Å². The van der Waals surface area contributed by atoms with Gasteiger partial charge >= 0.3 is 5.97 Å². The molecule has 0 amide bonds. The molecule has 3 N–H and O–H groups in total. The predicted molar refractivity (Wildman–Crippen MR) is 74.6 cm³/mol. The number of aromatic carboxylic acids is 1. The molecule has 0 aromatic heterocycles. The maximum absolute atomic E-state index is 11.2. The van der Waals surface area contributed by atoms with Crippen molar-refractivity contribution in [2.75, 3.05) is 18.6 Å². The van der Waals surface area contributed by atoms with E-state index in [1.807, 2.05) is 0 Å². The minimum atomic E-state index is -4.02. The Kier molecular flexibility index (Phi) is 5.31. The minimum Gasteiger partial charge on any atom is -0.493 e. The molecule has 21 heavy (non-hydrogen) atoms. The van der Waals surface area contributed by atoms with Crippen molar-refractivity contribution < 1.29 is 31.5 Å². The third-order valence-corrected chi connectivity index (χ3v) is 4.37. The molecular weight excluding hydrogens is 322 g/mol. The van der Waals surface area contributed by atoms with Gasteiger partial charge in [0.15, 0.2) is 0 Å². The van der Waals surface area contributed by atoms with Crippen molar-refractivity contribution in [3.8, 4) is 5.75 Å². The lowest BCUT2D eigenvalue weighted by Gasteiger charge is -2.10. The van der Waals surface area contributed by atoms with E-state index in [1.54, 1.807) is 0 Å². The molecule has 118 valence electrons. The molecule has 0 saturated carbocycles. The molecule has 0 unspecified atom stereocenters. The lowest BCUT2D eigenvalue weighted by Crippen LogP contribution is -2.14. The van der Waals surface area contributed by atoms with Crippen molar-refractivity contribution in [2.45, 2.75) is 11.3 Å². The molecule has 0 saturated heterocycles. The minimum absolute atomic E-state index is 0.0118. The highest BCUT2D eigenvalue weighted by atomic mass is 32.2. The second-order valence-corrected chi connectivity index (χ2v) is 8.16. The number of carboxylic acid groups (broad SMARTS) is 1. The summed E-state index contributed by atoms with van der Waals surface area (Å²) in [6.45, 7) is -0.0118. The number of hydrogen-bond donors (Lipinski definition) is 2. The highest BCUT2D eigenvalue weighted by Gasteiger charge is 2.17. The van der Waals surface area contributed by atoms with E-state index in [4.69, 9.17) is 15.0 Å². The number of hydrogen-bond acceptors (Lipinski definition) is 6. The number of primary sulfonamides is 1. The molecule has 0 aliphatic heterocycles. The van der Waals surface area contributed by atoms with E-state index in [0.717, 1.165) is 18.4 Å². The summed E-state index contributed by atoms with van der Waals surface area (Å²) in [4.78, 5) is 10.7. The molecule has 0 bridgehead atoms. The van der Waals surface area contributed by atoms with Crippen LogP contribution in [0, 0.1) is 0 Å². The van der Waals surface area contributed by atoms with Crippen LogP contribution >= 0.6 is 0 Å². The fourth-order valence-electron chi connectivity index (χ4n) is 1.48. The summed E-state index contributed by atoms with van der Waals surface area (Å²) in [5.74, 6) is -1.52. The van der Waals surface area contributed by atoms with Crippen LogP contribution in [0.1, 0.15) is 16.8 Å². The van der Waals surface area contributed by atoms with Crippen molar-refractivity contribution in [1.29, 1.82) is 0 Å². The molecule has 1 aromatic carbocycles. The number of sulfone groups is 1. The third-order valence-electron chi connectivity index (χ3n) is 2.43. The first-order valence-electron chi connectivity index (χ1n) is 5.71. The molecule has 0 fully saturated rings. The Bertz CT molecular complexity index is 738. The van der Waals surface area contributed by atoms with Crippen LogP contribution in [0.5, 0.6) is 5.75 Å². The Labute approximate surface area is 122 Å². The molecule has 0 spiro atoms. The van der Waals surface area contributed by atoms with Crippen LogP contribution in [0.2, 0.25) is 0 Å². The fraction of sp³-hybridized carbons (Fsp3) is 0.364. The number of benzene rings is 1. The molecule has 1 rings (SSSR count). The van der Waals surface area contributed by atoms with Gasteiger partial charge in [-0.1, -0.05) is 0 Å². The molecule has 0 aliphatic carbocycles. The molecule has 0 radical (unpaired) electrons. The van der Waals surface area contributed by atoms with E-state index < -0.39 is 25.8 Å². The van der Waals surface area contributed by atoms with Gasteiger partial charge in [-0.3, -0.25) is 0 Å². The number of nitrogens with two attached hydrogens (primary N) is 1. The molecule has 0 atom stereocenters. The van der Waals surface area contributed by atoms with Crippen molar-refractivity contribution in [2.24, 2.45) is 5.14 Å². The summed E-state index contributed by atoms with van der Waals surface area (Å²) in [6.07, 6.45) is 1.27. The topological polar surface area (TPSA) is 141 Å². The monoisotopic (exact) mass is 337 g/mol. The molecule has 1 aromatic rings. The first-order valence-corrected chi connectivity index (χ1v) is 9.32. The highest BCUT2D eigenvalue weighted by molar-refractivity contribution is 7.90. The Morgan fingerprint density at radius 2 is 1.90 bits per heavy atom. The maximum atomic E-state index is 11.2. The van der Waals surface area contributed by atoms with Crippen LogP contribution in [-0.4, -0.2) is 46.5 Å². The van der Waals surface area contributed by atoms with Crippen LogP contribution in [0.4, 0.5) is 0 Å². The number of ether oxygens (including phenoxy) is 1. The zero-order valence-electron chi connectivity index (χ0n) is 11.1. The van der Waals surface area contributed by atoms with Gasteiger partial charge in [0.1, 0.15) is 21.2 Å². The number of rotatable bonds is 7. The summed E-state index contributed by atoms with van der Waals surface area (Å²) in [5, 5.41) is 13.9. The first-order chi connectivity index (χ1) is 9.50. The summed E-state index contributed by atoms with van der Waals surface area (Å²) in [7, 11) is -7.14. The fourth-order valence-corrected chi connectivity index (χ4v) is 2.66. The average molecular weight is 337 g/mol. The Hall–Kier alpha value is -1.65. The van der Waals surface area contributed by atoms with Gasteiger partial charge in [0.05, 0.1) is 17.3 Å². The van der Waals surface area contributed by atoms with E-state index in [1.165, 1.54) is 6.07 Å². The highest BCUT2D eigenvalue weighted by Crippen LogP contribution is 2.22. The largest absolute Gasteiger partial charge is 0.493 e. The number of carboxylic acids is 1. The van der Waals surface area contributed by atoms with Crippen molar-refractivity contribution in [3.63, 3.8) is 0 Å². The lowest BCUT2D eigenvalue weighted by molar-refractivity contribution is 0.0692. The Balaban J connectivity index is 2.90. The van der Waals surface area contributed by atoms with Gasteiger partial charge in [0.2, 0.25) is 10.0 Å². The number of sulfonamides is 1. The van der Waals surface area contributed by atoms with Crippen LogP contribution < -0.4 is 9.88 Å². The van der Waals surface area contributed by atoms with Crippen molar-refractivity contribution in [3.05, 3.63) is 23.8 Å². The van der Waals surface area contributed by atoms with Crippen molar-refractivity contribution in [1.82, 2.24) is 0 Å². The zero-order valence-corrected chi connectivity index (χ0v) is 12.8. The summed E-state index contributed by atoms with van der Waals surface area (Å²) in [5.41, 5.74) is -0.360. The van der Waals surface area contributed by atoms with Gasteiger partial charge in [-0.15, -0.1) is 0 Å². The maximum Gasteiger partial charge on any atom is 0.339 e. The van der Waals surface area contributed by atoms with Crippen LogP contribution in [0.15, 0.2) is 23.1 Å². The van der Waals surface area contributed by atoms with Gasteiger partial charge in [-0.05, 0) is 24.6 Å². The van der Waals surface area contributed by atoms with Crippen LogP contribution in [0.25, 0.3) is 0 Å². The van der Waals surface area contributed by atoms with E-state index >= 15 is 0 Å². The third kappa shape index (κ3) is 5.69. The van der Waals surface area contributed by atoms with Gasteiger partial charge in [0, 0.05) is 6.26 Å². The van der Waals surface area contributed by atoms with Gasteiger partial charge < -0.3 is 9.84 Å². The quantitative estimate of drug-likeness (QED) is 0.659. The van der Waals surface area contributed by atoms with Crippen LogP contribution in [-0.2, 0) is 19.9 Å². The Morgan fingerprint density at radius 3 is 2.38 bits per heavy atom. The first kappa shape index (κ1) is 17.4. The van der Waals surface area contributed by atoms with Gasteiger partial charge in [-0.2, -0.15) is 0 Å². The molecular formula is C11H15NO7S2. The van der Waals surface area contributed by atoms with Crippen molar-refractivity contribution >= 4 is 25.8 Å². The zero-order chi connectivity index (χ0) is 16.3. The summed E-state index contributed by atoms with van der Waals surface area (Å²) in [6, 6.07) is 3.18.